The van der Waals surface area contributed by atoms with Gasteiger partial charge < -0.3 is 14.9 Å². The molecule has 0 aromatic carbocycles. The summed E-state index contributed by atoms with van der Waals surface area (Å²) in [4.78, 5) is 16.5. The number of aliphatic hydroxyl groups is 2. The molecule has 2 rings (SSSR count). The predicted octanol–water partition coefficient (Wildman–Crippen LogP) is 1.16. The van der Waals surface area contributed by atoms with Gasteiger partial charge in [0.05, 0.1) is 17.4 Å². The molecule has 0 radical (unpaired) electrons. The fourth-order valence-electron chi connectivity index (χ4n) is 3.25. The molecule has 1 aliphatic rings. The van der Waals surface area contributed by atoms with E-state index in [0.717, 1.165) is 0 Å². The Morgan fingerprint density at radius 1 is 1.33 bits per heavy atom. The minimum absolute atomic E-state index is 0.0902. The van der Waals surface area contributed by atoms with Gasteiger partial charge in [0.25, 0.3) is 0 Å². The number of hydrogen-bond donors (Lipinski definition) is 2. The summed E-state index contributed by atoms with van der Waals surface area (Å²) in [6.45, 7) is 6.46. The lowest BCUT2D eigenvalue weighted by Gasteiger charge is -2.31. The number of aliphatic hydroxyl groups excluding tert-OH is 2. The van der Waals surface area contributed by atoms with Crippen molar-refractivity contribution < 1.29 is 28.2 Å². The number of aromatic nitrogens is 1. The fourth-order valence-corrected chi connectivity index (χ4v) is 4.80. The molecule has 9 heteroatoms. The Bertz CT molecular complexity index is 801. The highest BCUT2D eigenvalue weighted by Gasteiger charge is 2.45. The molecule has 0 saturated carbocycles. The van der Waals surface area contributed by atoms with E-state index < -0.39 is 26.8 Å². The highest BCUT2D eigenvalue weighted by molar-refractivity contribution is 7.90. The molecule has 0 saturated heterocycles. The highest BCUT2D eigenvalue weighted by Crippen LogP contribution is 2.42. The zero-order valence-electron chi connectivity index (χ0n) is 16.2. The van der Waals surface area contributed by atoms with Crippen molar-refractivity contribution in [3.8, 4) is 0 Å². The quantitative estimate of drug-likeness (QED) is 0.660. The summed E-state index contributed by atoms with van der Waals surface area (Å²) >= 11 is 0. The molecular formula is C18H28N2O6S. The molecule has 2 heterocycles. The monoisotopic (exact) mass is 400 g/mol. The highest BCUT2D eigenvalue weighted by atomic mass is 32.2. The van der Waals surface area contributed by atoms with Gasteiger partial charge in [-0.2, -0.15) is 4.31 Å². The van der Waals surface area contributed by atoms with Crippen LogP contribution in [0.2, 0.25) is 0 Å². The number of rotatable bonds is 7. The van der Waals surface area contributed by atoms with Crippen molar-refractivity contribution in [2.24, 2.45) is 0 Å². The van der Waals surface area contributed by atoms with Crippen molar-refractivity contribution in [1.82, 2.24) is 9.29 Å². The first-order valence-electron chi connectivity index (χ1n) is 9.01. The Labute approximate surface area is 160 Å². The Balaban J connectivity index is 2.61. The molecule has 27 heavy (non-hydrogen) atoms. The van der Waals surface area contributed by atoms with Gasteiger partial charge in [-0.3, -0.25) is 0 Å². The second-order valence-corrected chi connectivity index (χ2v) is 10.1. The second-order valence-electron chi connectivity index (χ2n) is 7.41. The van der Waals surface area contributed by atoms with Crippen LogP contribution in [0.4, 0.5) is 0 Å². The number of nitrogens with zero attached hydrogens (tertiary/aromatic N) is 2. The maximum Gasteiger partial charge on any atom is 0.356 e. The number of fused-ring (bicyclic) bond motifs is 1. The first kappa shape index (κ1) is 21.7. The van der Waals surface area contributed by atoms with E-state index in [1.165, 1.54) is 4.31 Å². The average Bonchev–Trinajstić information content (AvgIpc) is 2.94. The zero-order chi connectivity index (χ0) is 20.4. The number of carbonyl (C=O) groups is 1. The number of sulfonamides is 1. The van der Waals surface area contributed by atoms with Crippen molar-refractivity contribution in [2.45, 2.75) is 57.9 Å². The van der Waals surface area contributed by atoms with Gasteiger partial charge >= 0.3 is 5.97 Å². The van der Waals surface area contributed by atoms with Crippen LogP contribution in [0.3, 0.4) is 0 Å². The number of hydrogen-bond acceptors (Lipinski definition) is 7. The first-order chi connectivity index (χ1) is 12.6. The van der Waals surface area contributed by atoms with Gasteiger partial charge in [0.15, 0.2) is 0 Å². The Morgan fingerprint density at radius 2 is 2.00 bits per heavy atom. The summed E-state index contributed by atoms with van der Waals surface area (Å²) in [5, 5.41) is 18.9. The summed E-state index contributed by atoms with van der Waals surface area (Å²) < 4.78 is 31.5. The largest absolute Gasteiger partial charge is 0.461 e. The van der Waals surface area contributed by atoms with Gasteiger partial charge in [-0.1, -0.05) is 0 Å². The minimum Gasteiger partial charge on any atom is -0.461 e. The summed E-state index contributed by atoms with van der Waals surface area (Å²) in [5.41, 5.74) is 1.88. The van der Waals surface area contributed by atoms with Crippen LogP contribution in [0.1, 0.15) is 67.5 Å². The lowest BCUT2D eigenvalue weighted by Crippen LogP contribution is -2.42. The van der Waals surface area contributed by atoms with E-state index in [4.69, 9.17) is 4.74 Å². The van der Waals surface area contributed by atoms with E-state index >= 15 is 0 Å². The first-order valence-corrected chi connectivity index (χ1v) is 10.4. The molecule has 8 nitrogen and oxygen atoms in total. The summed E-state index contributed by atoms with van der Waals surface area (Å²) in [6.07, 6.45) is 0.391. The number of carbonyl (C=O) groups excluding carboxylic acids is 1. The van der Waals surface area contributed by atoms with Crippen molar-refractivity contribution in [3.63, 3.8) is 0 Å². The fraction of sp³-hybridized carbons (Fsp3) is 0.667. The molecule has 0 fully saturated rings. The molecule has 0 spiro atoms. The van der Waals surface area contributed by atoms with E-state index in [2.05, 4.69) is 4.98 Å². The van der Waals surface area contributed by atoms with Gasteiger partial charge in [-0.25, -0.2) is 18.2 Å². The topological polar surface area (TPSA) is 117 Å². The Kier molecular flexibility index (Phi) is 6.62. The number of pyridine rings is 1. The van der Waals surface area contributed by atoms with Gasteiger partial charge in [-0.15, -0.1) is 0 Å². The van der Waals surface area contributed by atoms with E-state index in [9.17, 15) is 23.4 Å². The van der Waals surface area contributed by atoms with Crippen molar-refractivity contribution in [3.05, 3.63) is 28.6 Å². The molecule has 152 valence electrons. The smallest absolute Gasteiger partial charge is 0.356 e. The third-order valence-electron chi connectivity index (χ3n) is 4.55. The summed E-state index contributed by atoms with van der Waals surface area (Å²) in [5.74, 6) is -0.588. The lowest BCUT2D eigenvalue weighted by atomic mass is 9.98. The van der Waals surface area contributed by atoms with Crippen LogP contribution in [0.25, 0.3) is 0 Å². The van der Waals surface area contributed by atoms with Crippen LogP contribution in [-0.4, -0.2) is 58.5 Å². The standard InChI is InChI=1S/C18H28N2O6S/c1-5-26-17(23)14-10-12-11-20(27(24,25)18(2,3)4)15(7-9-22)16(12)13(19-14)6-8-21/h10,15,21-22H,5-9,11H2,1-4H3/t15-/m0/s1. The van der Waals surface area contributed by atoms with E-state index in [1.54, 1.807) is 33.8 Å². The van der Waals surface area contributed by atoms with Crippen LogP contribution in [-0.2, 0) is 27.7 Å². The molecular weight excluding hydrogens is 372 g/mol. The van der Waals surface area contributed by atoms with Crippen LogP contribution in [0.15, 0.2) is 6.07 Å². The van der Waals surface area contributed by atoms with Crippen LogP contribution in [0, 0.1) is 0 Å². The van der Waals surface area contributed by atoms with Crippen molar-refractivity contribution >= 4 is 16.0 Å². The zero-order valence-corrected chi connectivity index (χ0v) is 17.0. The molecule has 1 aromatic heterocycles. The van der Waals surface area contributed by atoms with Gasteiger partial charge in [0.2, 0.25) is 10.0 Å². The van der Waals surface area contributed by atoms with Gasteiger partial charge in [0, 0.05) is 31.9 Å². The summed E-state index contributed by atoms with van der Waals surface area (Å²) in [7, 11) is -3.67. The van der Waals surface area contributed by atoms with E-state index in [-0.39, 0.29) is 44.9 Å². The molecule has 0 unspecified atom stereocenters. The normalized spacial score (nSPS) is 17.8. The molecule has 0 amide bonds. The van der Waals surface area contributed by atoms with Crippen LogP contribution >= 0.6 is 0 Å². The molecule has 1 aromatic rings. The average molecular weight is 400 g/mol. The SMILES string of the molecule is CCOC(=O)c1cc2c(c(CCO)n1)[C@H](CCO)N(S(=O)(=O)C(C)(C)C)C2. The molecule has 0 aliphatic carbocycles. The third kappa shape index (κ3) is 4.16. The van der Waals surface area contributed by atoms with Crippen molar-refractivity contribution in [2.75, 3.05) is 19.8 Å². The van der Waals surface area contributed by atoms with E-state index in [0.29, 0.717) is 16.8 Å². The maximum absolute atomic E-state index is 13.1. The number of esters is 1. The van der Waals surface area contributed by atoms with Crippen molar-refractivity contribution in [1.29, 1.82) is 0 Å². The lowest BCUT2D eigenvalue weighted by molar-refractivity contribution is 0.0518. The van der Waals surface area contributed by atoms with E-state index in [1.807, 2.05) is 0 Å². The van der Waals surface area contributed by atoms with Crippen LogP contribution in [0.5, 0.6) is 0 Å². The maximum atomic E-state index is 13.1. The Hall–Kier alpha value is -1.55. The second kappa shape index (κ2) is 8.22. The van der Waals surface area contributed by atoms with Gasteiger partial charge in [-0.05, 0) is 51.3 Å². The Morgan fingerprint density at radius 3 is 2.52 bits per heavy atom. The minimum atomic E-state index is -3.67. The van der Waals surface area contributed by atoms with Gasteiger partial charge in [0.1, 0.15) is 5.69 Å². The summed E-state index contributed by atoms with van der Waals surface area (Å²) in [6, 6.07) is 0.969. The molecule has 1 atom stereocenters. The number of ether oxygens (including phenoxy) is 1. The molecule has 2 N–H and O–H groups in total. The molecule has 0 bridgehead atoms. The van der Waals surface area contributed by atoms with Crippen LogP contribution < -0.4 is 0 Å². The molecule has 1 aliphatic heterocycles. The predicted molar refractivity (Wildman–Crippen MR) is 99.6 cm³/mol. The third-order valence-corrected chi connectivity index (χ3v) is 7.10.